The molecule has 0 spiro atoms. The van der Waals surface area contributed by atoms with Crippen LogP contribution in [0.4, 0.5) is 0 Å². The first-order valence-electron chi connectivity index (χ1n) is 4.09. The molecule has 0 unspecified atom stereocenters. The van der Waals surface area contributed by atoms with E-state index in [-0.39, 0.29) is 16.8 Å². The molecular weight excluding hydrogens is 160 g/mol. The molecule has 0 aliphatic carbocycles. The Hall–Kier alpha value is 0.270. The van der Waals surface area contributed by atoms with Gasteiger partial charge in [-0.25, -0.2) is 0 Å². The molecule has 1 aliphatic rings. The van der Waals surface area contributed by atoms with Crippen LogP contribution < -0.4 is 0 Å². The topological polar surface area (TPSA) is 29.5 Å². The van der Waals surface area contributed by atoms with Crippen molar-refractivity contribution in [1.82, 2.24) is 0 Å². The van der Waals surface area contributed by atoms with E-state index in [1.807, 2.05) is 6.92 Å². The SMILES string of the molecule is CC[C@]1(C)SOC[C@@H](C)[C@H]1O. The van der Waals surface area contributed by atoms with Crippen LogP contribution in [0.1, 0.15) is 27.2 Å². The van der Waals surface area contributed by atoms with E-state index in [4.69, 9.17) is 4.18 Å². The fourth-order valence-corrected chi connectivity index (χ4v) is 2.29. The van der Waals surface area contributed by atoms with Crippen molar-refractivity contribution in [3.8, 4) is 0 Å². The molecule has 0 saturated carbocycles. The van der Waals surface area contributed by atoms with Crippen LogP contribution in [-0.4, -0.2) is 22.6 Å². The zero-order chi connectivity index (χ0) is 8.48. The van der Waals surface area contributed by atoms with Crippen molar-refractivity contribution >= 4 is 12.0 Å². The molecule has 1 saturated heterocycles. The molecule has 0 radical (unpaired) electrons. The van der Waals surface area contributed by atoms with Crippen LogP contribution in [0.5, 0.6) is 0 Å². The summed E-state index contributed by atoms with van der Waals surface area (Å²) in [4.78, 5) is 0. The summed E-state index contributed by atoms with van der Waals surface area (Å²) in [6.45, 7) is 6.83. The summed E-state index contributed by atoms with van der Waals surface area (Å²) in [5, 5.41) is 9.80. The number of hydrogen-bond donors (Lipinski definition) is 1. The lowest BCUT2D eigenvalue weighted by molar-refractivity contribution is 0.0383. The average Bonchev–Trinajstić information content (AvgIpc) is 2.00. The molecule has 0 bridgehead atoms. The Kier molecular flexibility index (Phi) is 2.84. The summed E-state index contributed by atoms with van der Waals surface area (Å²) in [5.74, 6) is 0.265. The van der Waals surface area contributed by atoms with Gasteiger partial charge in [-0.1, -0.05) is 13.8 Å². The minimum atomic E-state index is -0.230. The van der Waals surface area contributed by atoms with Gasteiger partial charge in [0.1, 0.15) is 0 Å². The average molecular weight is 176 g/mol. The van der Waals surface area contributed by atoms with Crippen molar-refractivity contribution in [2.45, 2.75) is 38.0 Å². The summed E-state index contributed by atoms with van der Waals surface area (Å²) >= 11 is 1.43. The summed E-state index contributed by atoms with van der Waals surface area (Å²) in [7, 11) is 0. The van der Waals surface area contributed by atoms with Crippen LogP contribution >= 0.6 is 12.0 Å². The number of aliphatic hydroxyl groups is 1. The maximum atomic E-state index is 9.80. The summed E-state index contributed by atoms with van der Waals surface area (Å²) in [5.41, 5.74) is 0. The molecule has 1 heterocycles. The molecule has 66 valence electrons. The van der Waals surface area contributed by atoms with Crippen LogP contribution in [0.25, 0.3) is 0 Å². The molecule has 0 aromatic heterocycles. The van der Waals surface area contributed by atoms with Gasteiger partial charge in [0.2, 0.25) is 0 Å². The summed E-state index contributed by atoms with van der Waals surface area (Å²) < 4.78 is 5.22. The van der Waals surface area contributed by atoms with Crippen molar-refractivity contribution in [3.63, 3.8) is 0 Å². The maximum absolute atomic E-state index is 9.80. The Morgan fingerprint density at radius 2 is 2.36 bits per heavy atom. The van der Waals surface area contributed by atoms with Gasteiger partial charge < -0.3 is 9.29 Å². The molecule has 1 aliphatic heterocycles. The zero-order valence-electron chi connectivity index (χ0n) is 7.33. The Balaban J connectivity index is 2.64. The molecule has 3 heteroatoms. The van der Waals surface area contributed by atoms with Crippen LogP contribution in [0, 0.1) is 5.92 Å². The van der Waals surface area contributed by atoms with Crippen LogP contribution in [0.2, 0.25) is 0 Å². The third-order valence-corrected chi connectivity index (χ3v) is 3.61. The lowest BCUT2D eigenvalue weighted by atomic mass is 9.91. The molecule has 0 aromatic rings. The fraction of sp³-hybridized carbons (Fsp3) is 1.00. The summed E-state index contributed by atoms with van der Waals surface area (Å²) in [6.07, 6.45) is 0.717. The van der Waals surface area contributed by atoms with E-state index in [9.17, 15) is 5.11 Å². The highest BCUT2D eigenvalue weighted by Gasteiger charge is 2.40. The van der Waals surface area contributed by atoms with Gasteiger partial charge in [0.15, 0.2) is 0 Å². The van der Waals surface area contributed by atoms with Gasteiger partial charge in [-0.3, -0.25) is 0 Å². The van der Waals surface area contributed by atoms with Crippen molar-refractivity contribution in [3.05, 3.63) is 0 Å². The minimum Gasteiger partial charge on any atom is -0.391 e. The predicted molar refractivity (Wildman–Crippen MR) is 47.4 cm³/mol. The molecule has 1 fully saturated rings. The molecule has 2 nitrogen and oxygen atoms in total. The highest BCUT2D eigenvalue weighted by molar-refractivity contribution is 7.96. The van der Waals surface area contributed by atoms with Crippen LogP contribution in [0.3, 0.4) is 0 Å². The van der Waals surface area contributed by atoms with E-state index in [0.717, 1.165) is 6.42 Å². The third-order valence-electron chi connectivity index (χ3n) is 2.45. The summed E-state index contributed by atoms with van der Waals surface area (Å²) in [6, 6.07) is 0. The Bertz CT molecular complexity index is 140. The van der Waals surface area contributed by atoms with E-state index in [1.54, 1.807) is 0 Å². The molecule has 11 heavy (non-hydrogen) atoms. The van der Waals surface area contributed by atoms with Crippen LogP contribution in [0.15, 0.2) is 0 Å². The van der Waals surface area contributed by atoms with Gasteiger partial charge in [-0.2, -0.15) is 0 Å². The van der Waals surface area contributed by atoms with Crippen molar-refractivity contribution in [2.75, 3.05) is 6.61 Å². The van der Waals surface area contributed by atoms with Crippen LogP contribution in [-0.2, 0) is 4.18 Å². The molecule has 1 N–H and O–H groups in total. The van der Waals surface area contributed by atoms with Gasteiger partial charge in [0.25, 0.3) is 0 Å². The second-order valence-electron chi connectivity index (χ2n) is 3.46. The fourth-order valence-electron chi connectivity index (χ4n) is 1.29. The van der Waals surface area contributed by atoms with Crippen molar-refractivity contribution < 1.29 is 9.29 Å². The number of aliphatic hydroxyl groups excluding tert-OH is 1. The second kappa shape index (κ2) is 3.33. The zero-order valence-corrected chi connectivity index (χ0v) is 8.15. The monoisotopic (exact) mass is 176 g/mol. The second-order valence-corrected chi connectivity index (χ2v) is 4.79. The lowest BCUT2D eigenvalue weighted by Crippen LogP contribution is -2.45. The minimum absolute atomic E-state index is 0.0995. The molecule has 0 aromatic carbocycles. The van der Waals surface area contributed by atoms with Gasteiger partial charge in [-0.05, 0) is 13.3 Å². The van der Waals surface area contributed by atoms with Crippen molar-refractivity contribution in [2.24, 2.45) is 5.92 Å². The van der Waals surface area contributed by atoms with E-state index in [2.05, 4.69) is 13.8 Å². The molecular formula is C8H16O2S. The quantitative estimate of drug-likeness (QED) is 0.618. The van der Waals surface area contributed by atoms with E-state index < -0.39 is 0 Å². The number of rotatable bonds is 1. The lowest BCUT2D eigenvalue weighted by Gasteiger charge is -2.39. The first-order chi connectivity index (χ1) is 5.10. The van der Waals surface area contributed by atoms with Crippen molar-refractivity contribution in [1.29, 1.82) is 0 Å². The van der Waals surface area contributed by atoms with E-state index in [0.29, 0.717) is 6.61 Å². The van der Waals surface area contributed by atoms with E-state index >= 15 is 0 Å². The standard InChI is InChI=1S/C8H16O2S/c1-4-8(3)7(9)6(2)5-10-11-8/h6-7,9H,4-5H2,1-3H3/t6-,7-,8+/m1/s1. The van der Waals surface area contributed by atoms with Gasteiger partial charge in [0.05, 0.1) is 17.5 Å². The Morgan fingerprint density at radius 3 is 2.82 bits per heavy atom. The highest BCUT2D eigenvalue weighted by atomic mass is 32.2. The smallest absolute Gasteiger partial charge is 0.0754 e. The Labute approximate surface area is 72.5 Å². The molecule has 3 atom stereocenters. The highest BCUT2D eigenvalue weighted by Crippen LogP contribution is 2.40. The predicted octanol–water partition coefficient (Wildman–Crippen LogP) is 1.83. The maximum Gasteiger partial charge on any atom is 0.0754 e. The molecule has 0 amide bonds. The molecule has 1 rings (SSSR count). The van der Waals surface area contributed by atoms with E-state index in [1.165, 1.54) is 12.0 Å². The first kappa shape index (κ1) is 9.36. The van der Waals surface area contributed by atoms with Gasteiger partial charge in [0, 0.05) is 18.0 Å². The third kappa shape index (κ3) is 1.71. The van der Waals surface area contributed by atoms with Gasteiger partial charge >= 0.3 is 0 Å². The van der Waals surface area contributed by atoms with Gasteiger partial charge in [-0.15, -0.1) is 0 Å². The normalized spacial score (nSPS) is 45.8. The number of hydrogen-bond acceptors (Lipinski definition) is 3. The largest absolute Gasteiger partial charge is 0.391 e. The first-order valence-corrected chi connectivity index (χ1v) is 4.83. The Morgan fingerprint density at radius 1 is 1.73 bits per heavy atom.